The van der Waals surface area contributed by atoms with E-state index in [0.717, 1.165) is 45.2 Å². The molecule has 5 nitrogen and oxygen atoms in total. The number of likely N-dealkylation sites (tertiary alicyclic amines) is 2. The van der Waals surface area contributed by atoms with Crippen molar-refractivity contribution in [1.29, 1.82) is 0 Å². The Balaban J connectivity index is 1.45. The lowest BCUT2D eigenvalue weighted by atomic mass is 9.63. The molecule has 1 aliphatic carbocycles. The molecule has 1 aromatic rings. The third-order valence-corrected chi connectivity index (χ3v) is 8.56. The fraction of sp³-hybridized carbons (Fsp3) is 0.724. The van der Waals surface area contributed by atoms with Gasteiger partial charge in [-0.15, -0.1) is 0 Å². The second kappa shape index (κ2) is 10.4. The smallest absolute Gasteiger partial charge is 0.243 e. The number of hydrogen-bond acceptors (Lipinski definition) is 3. The molecule has 2 heterocycles. The Kier molecular flexibility index (Phi) is 7.71. The van der Waals surface area contributed by atoms with Gasteiger partial charge in [0.1, 0.15) is 6.04 Å². The molecular weight excluding hydrogens is 422 g/mol. The Hall–Kier alpha value is -1.88. The molecule has 0 radical (unpaired) electrons. The van der Waals surface area contributed by atoms with Crippen molar-refractivity contribution in [2.75, 3.05) is 26.2 Å². The maximum atomic E-state index is 13.4. The number of carbonyl (C=O) groups excluding carboxylic acids is 2. The zero-order chi connectivity index (χ0) is 24.3. The van der Waals surface area contributed by atoms with Crippen molar-refractivity contribution >= 4 is 11.8 Å². The van der Waals surface area contributed by atoms with Crippen LogP contribution in [0.1, 0.15) is 103 Å². The number of benzene rings is 1. The summed E-state index contributed by atoms with van der Waals surface area (Å²) >= 11 is 0. The SMILES string of the molecule is CCC(=O)N1CCCCC1C(=O)N[C@@H]1CCC2(CCN(CCC(C)(C)C)CC2)c2ccccc21. The average Bonchev–Trinajstić information content (AvgIpc) is 2.84. The van der Waals surface area contributed by atoms with Crippen LogP contribution in [0.25, 0.3) is 0 Å². The molecule has 5 heteroatoms. The summed E-state index contributed by atoms with van der Waals surface area (Å²) in [5.41, 5.74) is 3.38. The van der Waals surface area contributed by atoms with E-state index >= 15 is 0 Å². The van der Waals surface area contributed by atoms with E-state index in [1.165, 1.54) is 36.9 Å². The molecule has 2 saturated heterocycles. The molecule has 2 aliphatic heterocycles. The molecule has 34 heavy (non-hydrogen) atoms. The standard InChI is InChI=1S/C29H45N3O2/c1-5-26(33)32-18-9-8-12-25(32)27(34)30-24-13-14-29(23-11-7-6-10-22(23)24)16-20-31(21-17-29)19-15-28(2,3)4/h6-7,10-11,24-25H,5,8-9,12-21H2,1-4H3,(H,30,34)/t24-,25?/m1/s1. The first kappa shape index (κ1) is 25.2. The van der Waals surface area contributed by atoms with Crippen molar-refractivity contribution in [3.63, 3.8) is 0 Å². The van der Waals surface area contributed by atoms with Gasteiger partial charge in [0.15, 0.2) is 0 Å². The fourth-order valence-corrected chi connectivity index (χ4v) is 6.34. The Bertz CT molecular complexity index is 866. The van der Waals surface area contributed by atoms with Crippen LogP contribution < -0.4 is 5.32 Å². The lowest BCUT2D eigenvalue weighted by Gasteiger charge is -2.48. The number of piperidine rings is 2. The van der Waals surface area contributed by atoms with Crippen molar-refractivity contribution in [3.8, 4) is 0 Å². The van der Waals surface area contributed by atoms with Crippen molar-refractivity contribution in [1.82, 2.24) is 15.1 Å². The molecule has 1 aromatic carbocycles. The summed E-state index contributed by atoms with van der Waals surface area (Å²) in [7, 11) is 0. The molecule has 0 saturated carbocycles. The average molecular weight is 468 g/mol. The first-order valence-electron chi connectivity index (χ1n) is 13.6. The number of nitrogens with zero attached hydrogens (tertiary/aromatic N) is 2. The van der Waals surface area contributed by atoms with Gasteiger partial charge in [0.05, 0.1) is 6.04 Å². The molecule has 2 atom stereocenters. The minimum atomic E-state index is -0.310. The van der Waals surface area contributed by atoms with Gasteiger partial charge >= 0.3 is 0 Å². The molecule has 1 spiro atoms. The predicted octanol–water partition coefficient (Wildman–Crippen LogP) is 5.20. The van der Waals surface area contributed by atoms with E-state index in [-0.39, 0.29) is 29.3 Å². The van der Waals surface area contributed by atoms with E-state index < -0.39 is 0 Å². The molecule has 0 bridgehead atoms. The summed E-state index contributed by atoms with van der Waals surface area (Å²) in [6, 6.07) is 8.56. The number of fused-ring (bicyclic) bond motifs is 2. The van der Waals surface area contributed by atoms with E-state index in [2.05, 4.69) is 55.3 Å². The van der Waals surface area contributed by atoms with Gasteiger partial charge in [0.2, 0.25) is 11.8 Å². The number of hydrogen-bond donors (Lipinski definition) is 1. The highest BCUT2D eigenvalue weighted by Gasteiger charge is 2.43. The summed E-state index contributed by atoms with van der Waals surface area (Å²) in [5, 5.41) is 3.38. The molecule has 1 N–H and O–H groups in total. The van der Waals surface area contributed by atoms with Crippen molar-refractivity contribution in [3.05, 3.63) is 35.4 Å². The lowest BCUT2D eigenvalue weighted by molar-refractivity contribution is -0.142. The van der Waals surface area contributed by atoms with Crippen molar-refractivity contribution in [2.45, 2.75) is 103 Å². The Morgan fingerprint density at radius 3 is 2.47 bits per heavy atom. The van der Waals surface area contributed by atoms with Gasteiger partial charge in [-0.05, 0) is 93.0 Å². The summed E-state index contributed by atoms with van der Waals surface area (Å²) in [6.07, 6.45) is 9.02. The first-order valence-corrected chi connectivity index (χ1v) is 13.6. The van der Waals surface area contributed by atoms with Gasteiger partial charge in [0.25, 0.3) is 0 Å². The number of carbonyl (C=O) groups is 2. The first-order chi connectivity index (χ1) is 16.2. The third kappa shape index (κ3) is 5.50. The maximum Gasteiger partial charge on any atom is 0.243 e. The van der Waals surface area contributed by atoms with E-state index in [0.29, 0.717) is 18.4 Å². The molecular formula is C29H45N3O2. The van der Waals surface area contributed by atoms with Gasteiger partial charge in [0, 0.05) is 13.0 Å². The van der Waals surface area contributed by atoms with Crippen molar-refractivity contribution in [2.24, 2.45) is 5.41 Å². The molecule has 3 aliphatic rings. The van der Waals surface area contributed by atoms with Crippen LogP contribution in [0.2, 0.25) is 0 Å². The molecule has 1 unspecified atom stereocenters. The minimum absolute atomic E-state index is 0.0363. The Labute approximate surface area is 206 Å². The van der Waals surface area contributed by atoms with Crippen LogP contribution in [0.4, 0.5) is 0 Å². The lowest BCUT2D eigenvalue weighted by Crippen LogP contribution is -2.53. The van der Waals surface area contributed by atoms with E-state index in [1.54, 1.807) is 0 Å². The van der Waals surface area contributed by atoms with E-state index in [4.69, 9.17) is 0 Å². The Morgan fingerprint density at radius 2 is 1.76 bits per heavy atom. The van der Waals surface area contributed by atoms with Gasteiger partial charge in [-0.25, -0.2) is 0 Å². The molecule has 2 amide bonds. The number of amides is 2. The summed E-state index contributed by atoms with van der Waals surface area (Å²) in [4.78, 5) is 30.3. The van der Waals surface area contributed by atoms with Gasteiger partial charge < -0.3 is 15.1 Å². The van der Waals surface area contributed by atoms with Gasteiger partial charge in [-0.3, -0.25) is 9.59 Å². The predicted molar refractivity (Wildman–Crippen MR) is 138 cm³/mol. The van der Waals surface area contributed by atoms with Crippen LogP contribution in [0, 0.1) is 5.41 Å². The zero-order valence-corrected chi connectivity index (χ0v) is 21.9. The Morgan fingerprint density at radius 1 is 1.03 bits per heavy atom. The van der Waals surface area contributed by atoms with Crippen LogP contribution in [0.5, 0.6) is 0 Å². The van der Waals surface area contributed by atoms with Crippen molar-refractivity contribution < 1.29 is 9.59 Å². The normalized spacial score (nSPS) is 25.1. The van der Waals surface area contributed by atoms with Crippen LogP contribution in [0.15, 0.2) is 24.3 Å². The van der Waals surface area contributed by atoms with E-state index in [1.807, 2.05) is 11.8 Å². The molecule has 4 rings (SSSR count). The van der Waals surface area contributed by atoms with Crippen LogP contribution >= 0.6 is 0 Å². The summed E-state index contributed by atoms with van der Waals surface area (Å²) in [5.74, 6) is 0.135. The fourth-order valence-electron chi connectivity index (χ4n) is 6.34. The maximum absolute atomic E-state index is 13.4. The quantitative estimate of drug-likeness (QED) is 0.648. The van der Waals surface area contributed by atoms with Gasteiger partial charge in [-0.2, -0.15) is 0 Å². The number of rotatable bonds is 5. The van der Waals surface area contributed by atoms with Crippen LogP contribution in [-0.4, -0.2) is 53.8 Å². The largest absolute Gasteiger partial charge is 0.347 e. The summed E-state index contributed by atoms with van der Waals surface area (Å²) < 4.78 is 0. The topological polar surface area (TPSA) is 52.7 Å². The second-order valence-corrected chi connectivity index (χ2v) is 12.1. The highest BCUT2D eigenvalue weighted by molar-refractivity contribution is 5.88. The highest BCUT2D eigenvalue weighted by atomic mass is 16.2. The van der Waals surface area contributed by atoms with Crippen LogP contribution in [0.3, 0.4) is 0 Å². The second-order valence-electron chi connectivity index (χ2n) is 12.1. The summed E-state index contributed by atoms with van der Waals surface area (Å²) in [6.45, 7) is 13.1. The minimum Gasteiger partial charge on any atom is -0.347 e. The van der Waals surface area contributed by atoms with Gasteiger partial charge in [-0.1, -0.05) is 52.0 Å². The molecule has 0 aromatic heterocycles. The molecule has 2 fully saturated rings. The number of nitrogens with one attached hydrogen (secondary N) is 1. The molecule has 188 valence electrons. The monoisotopic (exact) mass is 467 g/mol. The van der Waals surface area contributed by atoms with Crippen LogP contribution in [-0.2, 0) is 15.0 Å². The van der Waals surface area contributed by atoms with E-state index in [9.17, 15) is 9.59 Å². The zero-order valence-electron chi connectivity index (χ0n) is 21.9. The highest BCUT2D eigenvalue weighted by Crippen LogP contribution is 2.48. The third-order valence-electron chi connectivity index (χ3n) is 8.56.